The average Bonchev–Trinajstić information content (AvgIpc) is 2.63. The Kier molecular flexibility index (Phi) is 8.48. The van der Waals surface area contributed by atoms with Gasteiger partial charge in [-0.2, -0.15) is 11.8 Å². The summed E-state index contributed by atoms with van der Waals surface area (Å²) in [6, 6.07) is 4.11. The van der Waals surface area contributed by atoms with Gasteiger partial charge in [0.1, 0.15) is 0 Å². The molecule has 1 rings (SSSR count). The number of ether oxygens (including phenoxy) is 3. The Morgan fingerprint density at radius 1 is 0.920 bits per heavy atom. The smallest absolute Gasteiger partial charge is 0.337 e. The lowest BCUT2D eigenvalue weighted by atomic mass is 10.1. The maximum Gasteiger partial charge on any atom is 0.337 e. The van der Waals surface area contributed by atoms with Crippen LogP contribution in [-0.2, 0) is 23.8 Å². The molecule has 0 aromatic heterocycles. The summed E-state index contributed by atoms with van der Waals surface area (Å²) in [4.78, 5) is 46.3. The molecule has 8 nitrogen and oxygen atoms in total. The van der Waals surface area contributed by atoms with Gasteiger partial charge >= 0.3 is 17.9 Å². The number of hydrogen-bond acceptors (Lipinski definition) is 8. The lowest BCUT2D eigenvalue weighted by molar-refractivity contribution is -0.140. The fourth-order valence-corrected chi connectivity index (χ4v) is 2.50. The molecule has 25 heavy (non-hydrogen) atoms. The number of anilines is 1. The van der Waals surface area contributed by atoms with E-state index >= 15 is 0 Å². The van der Waals surface area contributed by atoms with Gasteiger partial charge in [-0.3, -0.25) is 9.59 Å². The Hall–Kier alpha value is -2.55. The molecule has 0 fully saturated rings. The summed E-state index contributed by atoms with van der Waals surface area (Å²) in [5, 5.41) is 2.59. The predicted molar refractivity (Wildman–Crippen MR) is 91.7 cm³/mol. The Bertz CT molecular complexity index is 626. The highest BCUT2D eigenvalue weighted by Gasteiger charge is 2.15. The van der Waals surface area contributed by atoms with Crippen LogP contribution < -0.4 is 5.32 Å². The zero-order valence-electron chi connectivity index (χ0n) is 14.1. The van der Waals surface area contributed by atoms with Gasteiger partial charge in [0.05, 0.1) is 44.6 Å². The number of esters is 3. The minimum absolute atomic E-state index is 0.104. The van der Waals surface area contributed by atoms with E-state index in [1.54, 1.807) is 0 Å². The average molecular weight is 369 g/mol. The summed E-state index contributed by atoms with van der Waals surface area (Å²) in [6.07, 6.45) is 0.207. The summed E-state index contributed by atoms with van der Waals surface area (Å²) < 4.78 is 13.8. The maximum atomic E-state index is 11.9. The molecule has 0 radical (unpaired) electrons. The highest BCUT2D eigenvalue weighted by Crippen LogP contribution is 2.17. The van der Waals surface area contributed by atoms with Crippen molar-refractivity contribution in [2.75, 3.05) is 38.2 Å². The van der Waals surface area contributed by atoms with Crippen LogP contribution in [0.4, 0.5) is 5.69 Å². The third-order valence-electron chi connectivity index (χ3n) is 2.97. The summed E-state index contributed by atoms with van der Waals surface area (Å²) in [7, 11) is 3.72. The molecule has 0 aliphatic rings. The predicted octanol–water partition coefficient (Wildman–Crippen LogP) is 1.49. The fourth-order valence-electron chi connectivity index (χ4n) is 1.79. The van der Waals surface area contributed by atoms with Crippen LogP contribution in [0.5, 0.6) is 0 Å². The van der Waals surface area contributed by atoms with Crippen molar-refractivity contribution in [3.05, 3.63) is 29.3 Å². The Labute approximate surface area is 149 Å². The van der Waals surface area contributed by atoms with Gasteiger partial charge < -0.3 is 19.5 Å². The van der Waals surface area contributed by atoms with E-state index in [9.17, 15) is 19.2 Å². The normalized spacial score (nSPS) is 9.88. The second-order valence-corrected chi connectivity index (χ2v) is 5.81. The van der Waals surface area contributed by atoms with Gasteiger partial charge in [0.25, 0.3) is 0 Å². The van der Waals surface area contributed by atoms with E-state index in [2.05, 4.69) is 19.5 Å². The van der Waals surface area contributed by atoms with Crippen molar-refractivity contribution in [3.63, 3.8) is 0 Å². The molecule has 1 aromatic rings. The molecule has 0 spiro atoms. The number of amides is 1. The van der Waals surface area contributed by atoms with Crippen molar-refractivity contribution < 1.29 is 33.4 Å². The second kappa shape index (κ2) is 10.3. The van der Waals surface area contributed by atoms with E-state index in [-0.39, 0.29) is 40.9 Å². The van der Waals surface area contributed by atoms with Crippen molar-refractivity contribution in [3.8, 4) is 0 Å². The van der Waals surface area contributed by atoms with Gasteiger partial charge in [0.15, 0.2) is 0 Å². The molecule has 0 aliphatic heterocycles. The van der Waals surface area contributed by atoms with E-state index in [0.717, 1.165) is 0 Å². The second-order valence-electron chi connectivity index (χ2n) is 4.71. The lowest BCUT2D eigenvalue weighted by Gasteiger charge is -2.09. The van der Waals surface area contributed by atoms with Crippen LogP contribution in [0.15, 0.2) is 18.2 Å². The Balaban J connectivity index is 2.75. The minimum atomic E-state index is -0.645. The zero-order chi connectivity index (χ0) is 18.8. The van der Waals surface area contributed by atoms with Crippen LogP contribution in [-0.4, -0.2) is 56.7 Å². The van der Waals surface area contributed by atoms with E-state index in [0.29, 0.717) is 5.75 Å². The molecule has 1 N–H and O–H groups in total. The standard InChI is InChI=1S/C16H19NO7S/c1-22-14(19)4-5-25-9-13(18)17-12-7-10(15(20)23-2)6-11(8-12)16(21)24-3/h6-8H,4-5,9H2,1-3H3,(H,17,18). The molecule has 136 valence electrons. The summed E-state index contributed by atoms with van der Waals surface area (Å²) in [5.41, 5.74) is 0.486. The van der Waals surface area contributed by atoms with Crippen LogP contribution >= 0.6 is 11.8 Å². The number of carbonyl (C=O) groups is 4. The van der Waals surface area contributed by atoms with Gasteiger partial charge in [-0.1, -0.05) is 0 Å². The lowest BCUT2D eigenvalue weighted by Crippen LogP contribution is -2.16. The number of thioether (sulfide) groups is 1. The van der Waals surface area contributed by atoms with Crippen LogP contribution in [0, 0.1) is 0 Å². The zero-order valence-corrected chi connectivity index (χ0v) is 14.9. The molecule has 0 heterocycles. The first-order valence-corrected chi connectivity index (χ1v) is 8.32. The molecule has 0 saturated carbocycles. The SMILES string of the molecule is COC(=O)CCSCC(=O)Nc1cc(C(=O)OC)cc(C(=O)OC)c1. The van der Waals surface area contributed by atoms with Crippen molar-refractivity contribution in [1.29, 1.82) is 0 Å². The van der Waals surface area contributed by atoms with Crippen LogP contribution in [0.25, 0.3) is 0 Å². The summed E-state index contributed by atoms with van der Waals surface area (Å²) in [6.45, 7) is 0. The molecule has 1 aromatic carbocycles. The number of carbonyl (C=O) groups excluding carboxylic acids is 4. The first kappa shape index (κ1) is 20.5. The largest absolute Gasteiger partial charge is 0.469 e. The van der Waals surface area contributed by atoms with Crippen molar-refractivity contribution in [2.24, 2.45) is 0 Å². The molecular formula is C16H19NO7S. The highest BCUT2D eigenvalue weighted by molar-refractivity contribution is 7.99. The van der Waals surface area contributed by atoms with E-state index < -0.39 is 11.9 Å². The molecule has 0 bridgehead atoms. The number of benzene rings is 1. The molecule has 1 amide bonds. The topological polar surface area (TPSA) is 108 Å². The van der Waals surface area contributed by atoms with E-state index in [1.165, 1.54) is 51.3 Å². The number of hydrogen-bond donors (Lipinski definition) is 1. The van der Waals surface area contributed by atoms with Crippen LogP contribution in [0.3, 0.4) is 0 Å². The van der Waals surface area contributed by atoms with Crippen molar-refractivity contribution in [1.82, 2.24) is 0 Å². The Morgan fingerprint density at radius 3 is 1.96 bits per heavy atom. The summed E-state index contributed by atoms with van der Waals surface area (Å²) >= 11 is 1.26. The van der Waals surface area contributed by atoms with E-state index in [1.807, 2.05) is 0 Å². The van der Waals surface area contributed by atoms with Gasteiger partial charge in [0, 0.05) is 11.4 Å². The number of rotatable bonds is 8. The molecule has 0 unspecified atom stereocenters. The van der Waals surface area contributed by atoms with Crippen LogP contribution in [0.1, 0.15) is 27.1 Å². The van der Waals surface area contributed by atoms with Crippen molar-refractivity contribution >= 4 is 41.3 Å². The Morgan fingerprint density at radius 2 is 1.48 bits per heavy atom. The monoisotopic (exact) mass is 369 g/mol. The summed E-state index contributed by atoms with van der Waals surface area (Å²) in [5.74, 6) is -1.43. The molecule has 0 saturated heterocycles. The first-order valence-electron chi connectivity index (χ1n) is 7.17. The molecule has 9 heteroatoms. The minimum Gasteiger partial charge on any atom is -0.469 e. The van der Waals surface area contributed by atoms with Gasteiger partial charge in [-0.25, -0.2) is 9.59 Å². The maximum absolute atomic E-state index is 11.9. The number of methoxy groups -OCH3 is 3. The molecule has 0 atom stereocenters. The van der Waals surface area contributed by atoms with Gasteiger partial charge in [-0.05, 0) is 18.2 Å². The fraction of sp³-hybridized carbons (Fsp3) is 0.375. The van der Waals surface area contributed by atoms with Gasteiger partial charge in [-0.15, -0.1) is 0 Å². The number of nitrogens with one attached hydrogen (secondary N) is 1. The first-order chi connectivity index (χ1) is 11.9. The molecule has 0 aliphatic carbocycles. The third kappa shape index (κ3) is 6.84. The van der Waals surface area contributed by atoms with Gasteiger partial charge in [0.2, 0.25) is 5.91 Å². The quantitative estimate of drug-likeness (QED) is 0.417. The van der Waals surface area contributed by atoms with E-state index in [4.69, 9.17) is 0 Å². The highest BCUT2D eigenvalue weighted by atomic mass is 32.2. The van der Waals surface area contributed by atoms with Crippen LogP contribution in [0.2, 0.25) is 0 Å². The molecular weight excluding hydrogens is 350 g/mol. The van der Waals surface area contributed by atoms with Crippen molar-refractivity contribution in [2.45, 2.75) is 6.42 Å². The third-order valence-corrected chi connectivity index (χ3v) is 3.93.